The number of nitrogens with one attached hydrogen (secondary N) is 1. The molecule has 1 atom stereocenters. The van der Waals surface area contributed by atoms with Crippen LogP contribution in [-0.2, 0) is 11.3 Å². The van der Waals surface area contributed by atoms with Gasteiger partial charge in [-0.25, -0.2) is 0 Å². The third-order valence-corrected chi connectivity index (χ3v) is 6.23. The van der Waals surface area contributed by atoms with Crippen molar-refractivity contribution in [3.63, 3.8) is 0 Å². The minimum Gasteiger partial charge on any atom is -0.329 e. The van der Waals surface area contributed by atoms with E-state index in [9.17, 15) is 9.59 Å². The number of hydrogen-bond donors (Lipinski definition) is 1. The summed E-state index contributed by atoms with van der Waals surface area (Å²) in [6.07, 6.45) is 6.50. The molecule has 4 nitrogen and oxygen atoms in total. The van der Waals surface area contributed by atoms with Crippen LogP contribution in [0.25, 0.3) is 0 Å². The molecule has 3 aliphatic rings. The smallest absolute Gasteiger partial charge is 0.265 e. The lowest BCUT2D eigenvalue weighted by Crippen LogP contribution is -2.49. The second-order valence-electron chi connectivity index (χ2n) is 6.56. The number of allylic oxidation sites excluding steroid dienone is 1. The third-order valence-electron chi connectivity index (χ3n) is 5.20. The Hall–Kier alpha value is -1.62. The molecule has 1 unspecified atom stereocenters. The highest BCUT2D eigenvalue weighted by Crippen LogP contribution is 2.42. The highest BCUT2D eigenvalue weighted by atomic mass is 32.1. The molecule has 1 aromatic heterocycles. The van der Waals surface area contributed by atoms with Crippen molar-refractivity contribution in [1.82, 2.24) is 10.2 Å². The van der Waals surface area contributed by atoms with E-state index in [0.717, 1.165) is 17.0 Å². The van der Waals surface area contributed by atoms with Gasteiger partial charge in [0.25, 0.3) is 5.91 Å². The van der Waals surface area contributed by atoms with Crippen LogP contribution in [0.5, 0.6) is 0 Å². The standard InChI is InChI=1S/C17H20N2O2S/c1-10-6-7-14(16(20)18-10)19-8-12-13(11-4-2-3-5-11)9-22-15(12)17(19)21/h9,11,14H,1-8H2,(H,18,20). The fourth-order valence-corrected chi connectivity index (χ4v) is 5.12. The van der Waals surface area contributed by atoms with E-state index in [-0.39, 0.29) is 17.9 Å². The maximum atomic E-state index is 12.7. The first kappa shape index (κ1) is 14.0. The number of thiophene rings is 1. The van der Waals surface area contributed by atoms with Crippen molar-refractivity contribution in [3.05, 3.63) is 33.7 Å². The summed E-state index contributed by atoms with van der Waals surface area (Å²) in [5.74, 6) is 0.576. The molecule has 0 aromatic carbocycles. The van der Waals surface area contributed by atoms with Crippen molar-refractivity contribution in [2.24, 2.45) is 0 Å². The van der Waals surface area contributed by atoms with Gasteiger partial charge in [0.05, 0.1) is 4.88 Å². The Bertz CT molecular complexity index is 658. The van der Waals surface area contributed by atoms with Crippen molar-refractivity contribution in [3.8, 4) is 0 Å². The molecule has 0 spiro atoms. The molecular formula is C17H20N2O2S. The highest BCUT2D eigenvalue weighted by Gasteiger charge is 2.40. The van der Waals surface area contributed by atoms with E-state index in [4.69, 9.17) is 0 Å². The van der Waals surface area contributed by atoms with Crippen LogP contribution in [0.2, 0.25) is 0 Å². The molecule has 0 radical (unpaired) electrons. The molecule has 116 valence electrons. The first-order chi connectivity index (χ1) is 10.6. The largest absolute Gasteiger partial charge is 0.329 e. The minimum atomic E-state index is -0.339. The summed E-state index contributed by atoms with van der Waals surface area (Å²) in [6.45, 7) is 4.41. The van der Waals surface area contributed by atoms with E-state index in [1.807, 2.05) is 0 Å². The first-order valence-corrected chi connectivity index (χ1v) is 8.93. The summed E-state index contributed by atoms with van der Waals surface area (Å²) in [5.41, 5.74) is 3.32. The lowest BCUT2D eigenvalue weighted by Gasteiger charge is -2.31. The van der Waals surface area contributed by atoms with Crippen molar-refractivity contribution in [1.29, 1.82) is 0 Å². The number of carbonyl (C=O) groups excluding carboxylic acids is 2. The summed E-state index contributed by atoms with van der Waals surface area (Å²) >= 11 is 1.56. The summed E-state index contributed by atoms with van der Waals surface area (Å²) < 4.78 is 0. The minimum absolute atomic E-state index is 0.0388. The SMILES string of the molecule is C=C1CCC(N2Cc3c(C4CCCC4)csc3C2=O)C(=O)N1. The lowest BCUT2D eigenvalue weighted by molar-refractivity contribution is -0.126. The third kappa shape index (κ3) is 2.10. The van der Waals surface area contributed by atoms with E-state index in [0.29, 0.717) is 18.9 Å². The van der Waals surface area contributed by atoms with E-state index in [1.54, 1.807) is 16.2 Å². The van der Waals surface area contributed by atoms with Gasteiger partial charge in [-0.1, -0.05) is 19.4 Å². The fourth-order valence-electron chi connectivity index (χ4n) is 4.00. The van der Waals surface area contributed by atoms with Gasteiger partial charge < -0.3 is 10.2 Å². The number of nitrogens with zero attached hydrogens (tertiary/aromatic N) is 1. The molecule has 22 heavy (non-hydrogen) atoms. The van der Waals surface area contributed by atoms with Crippen molar-refractivity contribution in [2.45, 2.75) is 57.0 Å². The molecule has 2 amide bonds. The normalized spacial score (nSPS) is 25.7. The number of rotatable bonds is 2. The Morgan fingerprint density at radius 3 is 2.73 bits per heavy atom. The van der Waals surface area contributed by atoms with Gasteiger partial charge in [-0.3, -0.25) is 9.59 Å². The van der Waals surface area contributed by atoms with Gasteiger partial charge in [-0.2, -0.15) is 0 Å². The molecular weight excluding hydrogens is 296 g/mol. The molecule has 1 aliphatic carbocycles. The van der Waals surface area contributed by atoms with Crippen molar-refractivity contribution >= 4 is 23.2 Å². The molecule has 5 heteroatoms. The van der Waals surface area contributed by atoms with Crippen LogP contribution in [0.3, 0.4) is 0 Å². The average molecular weight is 316 g/mol. The Kier molecular flexibility index (Phi) is 3.33. The van der Waals surface area contributed by atoms with Crippen LogP contribution in [0, 0.1) is 0 Å². The van der Waals surface area contributed by atoms with Gasteiger partial charge in [0.2, 0.25) is 5.91 Å². The second kappa shape index (κ2) is 5.23. The number of piperidine rings is 1. The first-order valence-electron chi connectivity index (χ1n) is 8.05. The summed E-state index contributed by atoms with van der Waals surface area (Å²) in [6, 6.07) is -0.339. The van der Waals surface area contributed by atoms with E-state index < -0.39 is 0 Å². The quantitative estimate of drug-likeness (QED) is 0.911. The average Bonchev–Trinajstić information content (AvgIpc) is 3.18. The molecule has 4 rings (SSSR count). The number of carbonyl (C=O) groups is 2. The van der Waals surface area contributed by atoms with Crippen LogP contribution in [-0.4, -0.2) is 22.8 Å². The second-order valence-corrected chi connectivity index (χ2v) is 7.44. The highest BCUT2D eigenvalue weighted by molar-refractivity contribution is 7.12. The monoisotopic (exact) mass is 316 g/mol. The zero-order valence-corrected chi connectivity index (χ0v) is 13.4. The maximum Gasteiger partial charge on any atom is 0.265 e. The summed E-state index contributed by atoms with van der Waals surface area (Å²) in [7, 11) is 0. The molecule has 1 saturated carbocycles. The van der Waals surface area contributed by atoms with Gasteiger partial charge in [0.1, 0.15) is 6.04 Å². The molecule has 2 fully saturated rings. The van der Waals surface area contributed by atoms with Gasteiger partial charge in [0.15, 0.2) is 0 Å². The molecule has 1 aromatic rings. The fraction of sp³-hybridized carbons (Fsp3) is 0.529. The van der Waals surface area contributed by atoms with Crippen LogP contribution in [0.4, 0.5) is 0 Å². The van der Waals surface area contributed by atoms with Crippen LogP contribution in [0.15, 0.2) is 17.7 Å². The topological polar surface area (TPSA) is 49.4 Å². The number of hydrogen-bond acceptors (Lipinski definition) is 3. The van der Waals surface area contributed by atoms with E-state index >= 15 is 0 Å². The lowest BCUT2D eigenvalue weighted by atomic mass is 9.96. The Balaban J connectivity index is 1.59. The van der Waals surface area contributed by atoms with Crippen LogP contribution >= 0.6 is 11.3 Å². The van der Waals surface area contributed by atoms with Gasteiger partial charge in [-0.15, -0.1) is 11.3 Å². The molecule has 1 N–H and O–H groups in total. The maximum absolute atomic E-state index is 12.7. The van der Waals surface area contributed by atoms with Crippen molar-refractivity contribution in [2.75, 3.05) is 0 Å². The summed E-state index contributed by atoms with van der Waals surface area (Å²) in [4.78, 5) is 27.5. The summed E-state index contributed by atoms with van der Waals surface area (Å²) in [5, 5.41) is 4.97. The molecule has 3 heterocycles. The zero-order valence-electron chi connectivity index (χ0n) is 12.6. The molecule has 1 saturated heterocycles. The predicted octanol–water partition coefficient (Wildman–Crippen LogP) is 3.15. The van der Waals surface area contributed by atoms with E-state index in [2.05, 4.69) is 17.3 Å². The molecule has 2 aliphatic heterocycles. The number of fused-ring (bicyclic) bond motifs is 1. The van der Waals surface area contributed by atoms with Crippen molar-refractivity contribution < 1.29 is 9.59 Å². The zero-order chi connectivity index (χ0) is 15.3. The van der Waals surface area contributed by atoms with Gasteiger partial charge in [-0.05, 0) is 48.1 Å². The molecule has 0 bridgehead atoms. The van der Waals surface area contributed by atoms with E-state index in [1.165, 1.54) is 36.8 Å². The van der Waals surface area contributed by atoms with Gasteiger partial charge >= 0.3 is 0 Å². The number of amides is 2. The Morgan fingerprint density at radius 2 is 2.00 bits per heavy atom. The Labute approximate surface area is 134 Å². The van der Waals surface area contributed by atoms with Crippen LogP contribution in [0.1, 0.15) is 65.2 Å². The van der Waals surface area contributed by atoms with Crippen LogP contribution < -0.4 is 5.32 Å². The Morgan fingerprint density at radius 1 is 1.23 bits per heavy atom. The predicted molar refractivity (Wildman–Crippen MR) is 85.7 cm³/mol. The van der Waals surface area contributed by atoms with Gasteiger partial charge in [0, 0.05) is 12.2 Å².